The van der Waals surface area contributed by atoms with E-state index in [9.17, 15) is 0 Å². The fourth-order valence-corrected chi connectivity index (χ4v) is 6.91. The molecule has 1 atom stereocenters. The lowest BCUT2D eigenvalue weighted by molar-refractivity contribution is 0.674. The standard InChI is InChI=1S/C45H31N3/c1-4-13-30(14-5-1)34-23-25-39-37-21-10-11-22-38(37)41-29-35(24-26-40(41)42(39)28-34)33-19-12-20-36(27-33)45-47-43(31-15-6-2-7-16-31)46-44(48-45)32-17-8-3-9-18-32/h1-29,43H,(H,46,47,48). The number of nitrogens with zero attached hydrogens (tertiary/aromatic N) is 2. The van der Waals surface area contributed by atoms with E-state index in [1.165, 1.54) is 49.0 Å². The average Bonchev–Trinajstić information content (AvgIpc) is 3.18. The molecule has 0 spiro atoms. The minimum atomic E-state index is -0.237. The number of nitrogens with one attached hydrogen (secondary N) is 1. The second kappa shape index (κ2) is 11.8. The lowest BCUT2D eigenvalue weighted by atomic mass is 9.90. The Bertz CT molecular complexity index is 2520. The molecular formula is C45H31N3. The highest BCUT2D eigenvalue weighted by atomic mass is 15.2. The molecule has 8 aromatic carbocycles. The molecule has 0 aromatic heterocycles. The molecule has 1 unspecified atom stereocenters. The van der Waals surface area contributed by atoms with Crippen LogP contribution in [0.1, 0.15) is 22.9 Å². The second-order valence-corrected chi connectivity index (χ2v) is 12.2. The van der Waals surface area contributed by atoms with E-state index in [0.29, 0.717) is 0 Å². The lowest BCUT2D eigenvalue weighted by Crippen LogP contribution is -2.33. The van der Waals surface area contributed by atoms with Gasteiger partial charge in [-0.3, -0.25) is 0 Å². The summed E-state index contributed by atoms with van der Waals surface area (Å²) in [6.07, 6.45) is -0.237. The molecule has 1 aliphatic heterocycles. The predicted molar refractivity (Wildman–Crippen MR) is 202 cm³/mol. The first-order valence-electron chi connectivity index (χ1n) is 16.4. The van der Waals surface area contributed by atoms with Crippen molar-refractivity contribution in [3.05, 3.63) is 193 Å². The van der Waals surface area contributed by atoms with E-state index < -0.39 is 0 Å². The van der Waals surface area contributed by atoms with Crippen molar-refractivity contribution in [3.63, 3.8) is 0 Å². The van der Waals surface area contributed by atoms with Gasteiger partial charge in [0.05, 0.1) is 0 Å². The Labute approximate surface area is 279 Å². The fraction of sp³-hybridized carbons (Fsp3) is 0.0222. The highest BCUT2D eigenvalue weighted by Gasteiger charge is 2.21. The SMILES string of the molecule is c1ccc(C2=NC(c3ccccc3)NC(c3cccc(-c4ccc5c6cc(-c7ccccc7)ccc6c6ccccc6c5c4)c3)=N2)cc1. The van der Waals surface area contributed by atoms with Crippen molar-refractivity contribution in [2.24, 2.45) is 9.98 Å². The van der Waals surface area contributed by atoms with Gasteiger partial charge in [0.15, 0.2) is 5.84 Å². The van der Waals surface area contributed by atoms with Crippen molar-refractivity contribution >= 4 is 44.0 Å². The zero-order valence-corrected chi connectivity index (χ0v) is 26.2. The molecule has 3 nitrogen and oxygen atoms in total. The largest absolute Gasteiger partial charge is 0.344 e. The third-order valence-electron chi connectivity index (χ3n) is 9.30. The summed E-state index contributed by atoms with van der Waals surface area (Å²) in [5.41, 5.74) is 7.87. The van der Waals surface area contributed by atoms with Gasteiger partial charge in [-0.1, -0.05) is 158 Å². The summed E-state index contributed by atoms with van der Waals surface area (Å²) < 4.78 is 0. The molecule has 0 aliphatic carbocycles. The molecule has 1 heterocycles. The molecule has 0 radical (unpaired) electrons. The Balaban J connectivity index is 1.16. The summed E-state index contributed by atoms with van der Waals surface area (Å²) in [5, 5.41) is 11.2. The molecule has 226 valence electrons. The highest BCUT2D eigenvalue weighted by molar-refractivity contribution is 6.26. The van der Waals surface area contributed by atoms with E-state index in [1.54, 1.807) is 0 Å². The zero-order chi connectivity index (χ0) is 31.9. The van der Waals surface area contributed by atoms with E-state index >= 15 is 0 Å². The Hall–Kier alpha value is -6.32. The summed E-state index contributed by atoms with van der Waals surface area (Å²) in [7, 11) is 0. The first kappa shape index (κ1) is 27.9. The van der Waals surface area contributed by atoms with Crippen molar-refractivity contribution in [3.8, 4) is 22.3 Å². The van der Waals surface area contributed by atoms with Gasteiger partial charge in [0.25, 0.3) is 0 Å². The van der Waals surface area contributed by atoms with Crippen LogP contribution in [-0.2, 0) is 0 Å². The molecule has 0 saturated carbocycles. The van der Waals surface area contributed by atoms with Gasteiger partial charge in [0.1, 0.15) is 12.0 Å². The van der Waals surface area contributed by atoms with Crippen LogP contribution in [0, 0.1) is 0 Å². The number of fused-ring (bicyclic) bond motifs is 6. The van der Waals surface area contributed by atoms with Gasteiger partial charge >= 0.3 is 0 Å². The number of amidine groups is 2. The van der Waals surface area contributed by atoms with Crippen molar-refractivity contribution < 1.29 is 0 Å². The van der Waals surface area contributed by atoms with Crippen LogP contribution >= 0.6 is 0 Å². The topological polar surface area (TPSA) is 36.8 Å². The number of rotatable bonds is 5. The van der Waals surface area contributed by atoms with E-state index in [0.717, 1.165) is 33.9 Å². The van der Waals surface area contributed by atoms with Crippen molar-refractivity contribution in [2.45, 2.75) is 6.17 Å². The molecule has 0 saturated heterocycles. The summed E-state index contributed by atoms with van der Waals surface area (Å²) in [4.78, 5) is 10.1. The van der Waals surface area contributed by atoms with E-state index in [2.05, 4.69) is 157 Å². The van der Waals surface area contributed by atoms with Crippen LogP contribution < -0.4 is 5.32 Å². The Morgan fingerprint density at radius 2 is 0.833 bits per heavy atom. The summed E-state index contributed by atoms with van der Waals surface area (Å²) in [5.74, 6) is 1.53. The summed E-state index contributed by atoms with van der Waals surface area (Å²) in [6, 6.07) is 62.4. The minimum Gasteiger partial charge on any atom is -0.344 e. The minimum absolute atomic E-state index is 0.237. The molecule has 8 aromatic rings. The average molecular weight is 614 g/mol. The van der Waals surface area contributed by atoms with Crippen molar-refractivity contribution in [1.82, 2.24) is 5.32 Å². The Kier molecular flexibility index (Phi) is 6.87. The van der Waals surface area contributed by atoms with Crippen LogP contribution in [0.3, 0.4) is 0 Å². The van der Waals surface area contributed by atoms with Gasteiger partial charge in [-0.25, -0.2) is 9.98 Å². The van der Waals surface area contributed by atoms with Gasteiger partial charge in [-0.05, 0) is 78.3 Å². The molecule has 0 fully saturated rings. The number of benzene rings is 8. The van der Waals surface area contributed by atoms with E-state index in [1.807, 2.05) is 24.3 Å². The second-order valence-electron chi connectivity index (χ2n) is 12.2. The molecular weight excluding hydrogens is 583 g/mol. The molecule has 1 N–H and O–H groups in total. The van der Waals surface area contributed by atoms with Crippen LogP contribution in [0.4, 0.5) is 0 Å². The first-order chi connectivity index (χ1) is 23.8. The maximum absolute atomic E-state index is 5.05. The summed E-state index contributed by atoms with van der Waals surface area (Å²) in [6.45, 7) is 0. The normalized spacial score (nSPS) is 14.5. The molecule has 3 heteroatoms. The smallest absolute Gasteiger partial charge is 0.159 e. The maximum Gasteiger partial charge on any atom is 0.159 e. The number of aliphatic imine (C=N–C) groups is 2. The maximum atomic E-state index is 5.05. The first-order valence-corrected chi connectivity index (χ1v) is 16.4. The number of hydrogen-bond donors (Lipinski definition) is 1. The molecule has 48 heavy (non-hydrogen) atoms. The number of hydrogen-bond acceptors (Lipinski definition) is 3. The van der Waals surface area contributed by atoms with Crippen LogP contribution in [0.25, 0.3) is 54.6 Å². The van der Waals surface area contributed by atoms with Gasteiger partial charge in [-0.2, -0.15) is 0 Å². The Morgan fingerprint density at radius 1 is 0.354 bits per heavy atom. The van der Waals surface area contributed by atoms with Crippen LogP contribution in [0.15, 0.2) is 186 Å². The van der Waals surface area contributed by atoms with Crippen LogP contribution in [0.2, 0.25) is 0 Å². The fourth-order valence-electron chi connectivity index (χ4n) is 6.91. The quantitative estimate of drug-likeness (QED) is 0.193. The van der Waals surface area contributed by atoms with Gasteiger partial charge in [0, 0.05) is 11.1 Å². The van der Waals surface area contributed by atoms with Crippen LogP contribution in [-0.4, -0.2) is 11.7 Å². The highest BCUT2D eigenvalue weighted by Crippen LogP contribution is 2.39. The predicted octanol–water partition coefficient (Wildman–Crippen LogP) is 11.0. The summed E-state index contributed by atoms with van der Waals surface area (Å²) >= 11 is 0. The van der Waals surface area contributed by atoms with Gasteiger partial charge in [-0.15, -0.1) is 0 Å². The van der Waals surface area contributed by atoms with E-state index in [4.69, 9.17) is 9.98 Å². The van der Waals surface area contributed by atoms with E-state index in [-0.39, 0.29) is 6.17 Å². The molecule has 0 amide bonds. The molecule has 1 aliphatic rings. The Morgan fingerprint density at radius 3 is 1.52 bits per heavy atom. The van der Waals surface area contributed by atoms with Crippen LogP contribution in [0.5, 0.6) is 0 Å². The molecule has 0 bridgehead atoms. The third kappa shape index (κ3) is 5.03. The van der Waals surface area contributed by atoms with Crippen molar-refractivity contribution in [2.75, 3.05) is 0 Å². The van der Waals surface area contributed by atoms with Crippen molar-refractivity contribution in [1.29, 1.82) is 0 Å². The zero-order valence-electron chi connectivity index (χ0n) is 26.2. The third-order valence-corrected chi connectivity index (χ3v) is 9.30. The monoisotopic (exact) mass is 613 g/mol. The van der Waals surface area contributed by atoms with Gasteiger partial charge in [0.2, 0.25) is 0 Å². The van der Waals surface area contributed by atoms with Gasteiger partial charge < -0.3 is 5.32 Å². The molecule has 9 rings (SSSR count). The lowest BCUT2D eigenvalue weighted by Gasteiger charge is -2.24.